The zero-order valence-electron chi connectivity index (χ0n) is 9.54. The maximum atomic E-state index is 12.7. The van der Waals surface area contributed by atoms with Gasteiger partial charge in [-0.2, -0.15) is 0 Å². The summed E-state index contributed by atoms with van der Waals surface area (Å²) in [6, 6.07) is 5.44. The van der Waals surface area contributed by atoms with Gasteiger partial charge in [-0.05, 0) is 37.1 Å². The molecular weight excluding hydrogens is 259 g/mol. The molecule has 3 atom stereocenters. The second kappa shape index (κ2) is 5.58. The van der Waals surface area contributed by atoms with Crippen molar-refractivity contribution in [1.29, 1.82) is 0 Å². The van der Waals surface area contributed by atoms with Crippen molar-refractivity contribution < 1.29 is 23.2 Å². The lowest BCUT2D eigenvalue weighted by atomic mass is 10.2. The van der Waals surface area contributed by atoms with Crippen LogP contribution in [0.15, 0.2) is 29.2 Å². The number of carbonyl (C=O) groups is 1. The fourth-order valence-corrected chi connectivity index (χ4v) is 3.08. The molecule has 1 aliphatic heterocycles. The highest BCUT2D eigenvalue weighted by Crippen LogP contribution is 2.22. The molecule has 0 spiro atoms. The maximum Gasteiger partial charge on any atom is 0.332 e. The van der Waals surface area contributed by atoms with Crippen LogP contribution in [0.3, 0.4) is 0 Å². The molecule has 3 unspecified atom stereocenters. The molecule has 0 aromatic heterocycles. The third-order valence-electron chi connectivity index (χ3n) is 2.80. The van der Waals surface area contributed by atoms with Crippen LogP contribution in [0.4, 0.5) is 4.39 Å². The van der Waals surface area contributed by atoms with Gasteiger partial charge in [-0.3, -0.25) is 4.21 Å². The van der Waals surface area contributed by atoms with Crippen molar-refractivity contribution in [1.82, 2.24) is 0 Å². The zero-order valence-corrected chi connectivity index (χ0v) is 10.4. The van der Waals surface area contributed by atoms with Crippen molar-refractivity contribution in [2.24, 2.45) is 0 Å². The molecule has 1 N–H and O–H groups in total. The highest BCUT2D eigenvalue weighted by Gasteiger charge is 2.31. The van der Waals surface area contributed by atoms with Gasteiger partial charge < -0.3 is 9.84 Å². The van der Waals surface area contributed by atoms with Crippen LogP contribution in [0.5, 0.6) is 0 Å². The number of ether oxygens (including phenoxy) is 1. The average Bonchev–Trinajstić information content (AvgIpc) is 2.78. The summed E-state index contributed by atoms with van der Waals surface area (Å²) in [5.74, 6) is -1.11. The first-order chi connectivity index (χ1) is 8.56. The minimum absolute atomic E-state index is 0.245. The Morgan fingerprint density at radius 1 is 1.39 bits per heavy atom. The van der Waals surface area contributed by atoms with Gasteiger partial charge >= 0.3 is 5.97 Å². The summed E-state index contributed by atoms with van der Waals surface area (Å²) < 4.78 is 29.9. The molecule has 1 heterocycles. The molecule has 1 saturated heterocycles. The molecule has 1 aliphatic rings. The predicted molar refractivity (Wildman–Crippen MR) is 63.2 cm³/mol. The summed E-state index contributed by atoms with van der Waals surface area (Å²) in [6.45, 7) is 0. The Balaban J connectivity index is 1.92. The number of carboxylic acids is 1. The number of hydrogen-bond acceptors (Lipinski definition) is 3. The van der Waals surface area contributed by atoms with Crippen LogP contribution in [0.2, 0.25) is 0 Å². The maximum absolute atomic E-state index is 12.7. The van der Waals surface area contributed by atoms with E-state index in [2.05, 4.69) is 0 Å². The normalized spacial score (nSPS) is 24.9. The van der Waals surface area contributed by atoms with Gasteiger partial charge in [0, 0.05) is 4.90 Å². The summed E-state index contributed by atoms with van der Waals surface area (Å²) in [4.78, 5) is 11.2. The fraction of sp³-hybridized carbons (Fsp3) is 0.417. The number of aliphatic carboxylic acids is 1. The average molecular weight is 272 g/mol. The molecule has 0 saturated carbocycles. The molecule has 1 aromatic carbocycles. The standard InChI is InChI=1S/C12H13FO4S/c13-8-1-4-10(5-2-8)18(16)7-9-3-6-11(17-9)12(14)15/h1-2,4-5,9,11H,3,6-7H2,(H,14,15). The van der Waals surface area contributed by atoms with E-state index in [1.54, 1.807) is 0 Å². The van der Waals surface area contributed by atoms with E-state index in [0.29, 0.717) is 17.7 Å². The molecule has 1 fully saturated rings. The van der Waals surface area contributed by atoms with E-state index >= 15 is 0 Å². The Bertz CT molecular complexity index is 460. The van der Waals surface area contributed by atoms with Crippen LogP contribution < -0.4 is 0 Å². The number of halogens is 1. The lowest BCUT2D eigenvalue weighted by molar-refractivity contribution is -0.148. The number of rotatable bonds is 4. The minimum atomic E-state index is -1.29. The summed E-state index contributed by atoms with van der Waals surface area (Å²) >= 11 is 0. The highest BCUT2D eigenvalue weighted by atomic mass is 32.2. The van der Waals surface area contributed by atoms with Gasteiger partial charge in [0.15, 0.2) is 6.10 Å². The van der Waals surface area contributed by atoms with Crippen LogP contribution in [0, 0.1) is 5.82 Å². The van der Waals surface area contributed by atoms with Gasteiger partial charge in [-0.1, -0.05) is 0 Å². The van der Waals surface area contributed by atoms with Crippen molar-refractivity contribution in [3.05, 3.63) is 30.1 Å². The lowest BCUT2D eigenvalue weighted by Gasteiger charge is -2.10. The third kappa shape index (κ3) is 3.14. The van der Waals surface area contributed by atoms with Gasteiger partial charge in [0.2, 0.25) is 0 Å². The molecule has 0 aliphatic carbocycles. The molecule has 0 amide bonds. The van der Waals surface area contributed by atoms with Crippen molar-refractivity contribution in [2.75, 3.05) is 5.75 Å². The molecule has 0 bridgehead atoms. The minimum Gasteiger partial charge on any atom is -0.479 e. The summed E-state index contributed by atoms with van der Waals surface area (Å²) in [5, 5.41) is 8.77. The van der Waals surface area contributed by atoms with Crippen LogP contribution >= 0.6 is 0 Å². The van der Waals surface area contributed by atoms with Gasteiger partial charge in [-0.15, -0.1) is 0 Å². The van der Waals surface area contributed by atoms with Crippen LogP contribution in [-0.2, 0) is 20.3 Å². The SMILES string of the molecule is O=C(O)C1CCC(CS(=O)c2ccc(F)cc2)O1. The van der Waals surface area contributed by atoms with Crippen LogP contribution in [-0.4, -0.2) is 33.2 Å². The van der Waals surface area contributed by atoms with E-state index in [0.717, 1.165) is 0 Å². The smallest absolute Gasteiger partial charge is 0.332 e. The van der Waals surface area contributed by atoms with Gasteiger partial charge in [0.1, 0.15) is 5.82 Å². The molecule has 2 rings (SSSR count). The van der Waals surface area contributed by atoms with E-state index in [4.69, 9.17) is 9.84 Å². The van der Waals surface area contributed by atoms with Crippen molar-refractivity contribution in [3.63, 3.8) is 0 Å². The summed E-state index contributed by atoms with van der Waals surface area (Å²) in [6.07, 6.45) is -0.0675. The molecule has 98 valence electrons. The third-order valence-corrected chi connectivity index (χ3v) is 4.27. The molecular formula is C12H13FO4S. The summed E-state index contributed by atoms with van der Waals surface area (Å²) in [7, 11) is -1.29. The monoisotopic (exact) mass is 272 g/mol. The predicted octanol–water partition coefficient (Wildman–Crippen LogP) is 1.57. The quantitative estimate of drug-likeness (QED) is 0.903. The fourth-order valence-electron chi connectivity index (χ4n) is 1.86. The second-order valence-corrected chi connectivity index (χ2v) is 5.62. The van der Waals surface area contributed by atoms with Gasteiger partial charge in [0.25, 0.3) is 0 Å². The second-order valence-electron chi connectivity index (χ2n) is 4.13. The van der Waals surface area contributed by atoms with Gasteiger partial charge in [-0.25, -0.2) is 9.18 Å². The lowest BCUT2D eigenvalue weighted by Crippen LogP contribution is -2.23. The molecule has 6 heteroatoms. The highest BCUT2D eigenvalue weighted by molar-refractivity contribution is 7.85. The van der Waals surface area contributed by atoms with Crippen molar-refractivity contribution in [3.8, 4) is 0 Å². The van der Waals surface area contributed by atoms with Crippen molar-refractivity contribution >= 4 is 16.8 Å². The van der Waals surface area contributed by atoms with E-state index in [9.17, 15) is 13.4 Å². The van der Waals surface area contributed by atoms with E-state index < -0.39 is 22.9 Å². The Hall–Kier alpha value is -1.27. The molecule has 0 radical (unpaired) electrons. The number of benzene rings is 1. The van der Waals surface area contributed by atoms with E-state index in [1.165, 1.54) is 24.3 Å². The zero-order chi connectivity index (χ0) is 13.1. The molecule has 18 heavy (non-hydrogen) atoms. The summed E-state index contributed by atoms with van der Waals surface area (Å²) in [5.41, 5.74) is 0. The van der Waals surface area contributed by atoms with E-state index in [1.807, 2.05) is 0 Å². The number of carboxylic acid groups (broad SMARTS) is 1. The largest absolute Gasteiger partial charge is 0.479 e. The van der Waals surface area contributed by atoms with Crippen LogP contribution in [0.1, 0.15) is 12.8 Å². The van der Waals surface area contributed by atoms with Crippen molar-refractivity contribution in [2.45, 2.75) is 29.9 Å². The first kappa shape index (κ1) is 13.2. The van der Waals surface area contributed by atoms with E-state index in [-0.39, 0.29) is 17.7 Å². The molecule has 1 aromatic rings. The van der Waals surface area contributed by atoms with Gasteiger partial charge in [0.05, 0.1) is 22.7 Å². The molecule has 4 nitrogen and oxygen atoms in total. The topological polar surface area (TPSA) is 63.6 Å². The Kier molecular flexibility index (Phi) is 4.08. The Morgan fingerprint density at radius 3 is 2.61 bits per heavy atom. The number of hydrogen-bond donors (Lipinski definition) is 1. The van der Waals surface area contributed by atoms with Crippen LogP contribution in [0.25, 0.3) is 0 Å². The first-order valence-electron chi connectivity index (χ1n) is 5.58. The Labute approximate surface area is 106 Å². The first-order valence-corrected chi connectivity index (χ1v) is 6.90. The Morgan fingerprint density at radius 2 is 2.06 bits per heavy atom.